The molecule has 0 fully saturated rings. The van der Waals surface area contributed by atoms with Crippen molar-refractivity contribution in [2.24, 2.45) is 0 Å². The Morgan fingerprint density at radius 2 is 2.08 bits per heavy atom. The third-order valence-corrected chi connectivity index (χ3v) is 4.21. The first-order valence-corrected chi connectivity index (χ1v) is 8.67. The first-order chi connectivity index (χ1) is 12.0. The summed E-state index contributed by atoms with van der Waals surface area (Å²) in [7, 11) is 0. The second-order valence-electron chi connectivity index (χ2n) is 5.26. The molecular weight excluding hydrogens is 393 g/mol. The van der Waals surface area contributed by atoms with Crippen molar-refractivity contribution >= 4 is 27.7 Å². The summed E-state index contributed by atoms with van der Waals surface area (Å²) >= 11 is 3.20. The molecule has 7 nitrogen and oxygen atoms in total. The zero-order chi connectivity index (χ0) is 18.2. The van der Waals surface area contributed by atoms with E-state index in [2.05, 4.69) is 36.8 Å². The SMILES string of the molecule is CCn1cnnc1CCNC(=O)CCNC(=O)c1cc(F)ccc1Br. The zero-order valence-electron chi connectivity index (χ0n) is 13.8. The summed E-state index contributed by atoms with van der Waals surface area (Å²) in [6.45, 7) is 3.38. The number of carbonyl (C=O) groups is 2. The predicted molar refractivity (Wildman–Crippen MR) is 93.5 cm³/mol. The van der Waals surface area contributed by atoms with Gasteiger partial charge >= 0.3 is 0 Å². The van der Waals surface area contributed by atoms with Crippen molar-refractivity contribution in [3.8, 4) is 0 Å². The molecule has 0 radical (unpaired) electrons. The Balaban J connectivity index is 1.70. The van der Waals surface area contributed by atoms with Gasteiger partial charge in [-0.1, -0.05) is 0 Å². The number of nitrogens with one attached hydrogen (secondary N) is 2. The molecule has 2 rings (SSSR count). The maximum absolute atomic E-state index is 13.2. The Bertz CT molecular complexity index is 750. The van der Waals surface area contributed by atoms with Crippen molar-refractivity contribution in [3.63, 3.8) is 0 Å². The molecule has 0 bridgehead atoms. The number of hydrogen-bond acceptors (Lipinski definition) is 4. The highest BCUT2D eigenvalue weighted by atomic mass is 79.9. The van der Waals surface area contributed by atoms with Crippen molar-refractivity contribution in [2.45, 2.75) is 26.3 Å². The van der Waals surface area contributed by atoms with E-state index in [0.717, 1.165) is 18.4 Å². The van der Waals surface area contributed by atoms with Gasteiger partial charge < -0.3 is 15.2 Å². The van der Waals surface area contributed by atoms with Crippen LogP contribution in [-0.4, -0.2) is 39.7 Å². The fourth-order valence-corrected chi connectivity index (χ4v) is 2.62. The van der Waals surface area contributed by atoms with Crippen LogP contribution in [0.15, 0.2) is 29.0 Å². The maximum Gasteiger partial charge on any atom is 0.252 e. The van der Waals surface area contributed by atoms with Gasteiger partial charge in [-0.25, -0.2) is 4.39 Å². The number of aromatic nitrogens is 3. The Kier molecular flexibility index (Phi) is 7.05. The molecule has 0 unspecified atom stereocenters. The minimum Gasteiger partial charge on any atom is -0.356 e. The molecule has 0 aliphatic heterocycles. The lowest BCUT2D eigenvalue weighted by molar-refractivity contribution is -0.120. The maximum atomic E-state index is 13.2. The Morgan fingerprint density at radius 3 is 2.84 bits per heavy atom. The van der Waals surface area contributed by atoms with Gasteiger partial charge in [-0.15, -0.1) is 10.2 Å². The Labute approximate surface area is 153 Å². The molecule has 0 aliphatic carbocycles. The lowest BCUT2D eigenvalue weighted by Crippen LogP contribution is -2.32. The minimum atomic E-state index is -0.494. The standard InChI is InChI=1S/C16H19BrFN5O2/c1-2-23-10-21-22-14(23)5-7-19-15(24)6-8-20-16(25)12-9-11(18)3-4-13(12)17/h3-4,9-10H,2,5-8H2,1H3,(H,19,24)(H,20,25). The van der Waals surface area contributed by atoms with Gasteiger partial charge in [0.15, 0.2) is 0 Å². The molecule has 25 heavy (non-hydrogen) atoms. The van der Waals surface area contributed by atoms with Gasteiger partial charge in [-0.3, -0.25) is 9.59 Å². The van der Waals surface area contributed by atoms with Crippen molar-refractivity contribution in [1.82, 2.24) is 25.4 Å². The number of aryl methyl sites for hydroxylation is 1. The third-order valence-electron chi connectivity index (χ3n) is 3.52. The van der Waals surface area contributed by atoms with Crippen molar-refractivity contribution in [3.05, 3.63) is 46.2 Å². The van der Waals surface area contributed by atoms with Crippen LogP contribution in [0.3, 0.4) is 0 Å². The quantitative estimate of drug-likeness (QED) is 0.691. The number of carbonyl (C=O) groups excluding carboxylic acids is 2. The summed E-state index contributed by atoms with van der Waals surface area (Å²) in [6.07, 6.45) is 2.37. The summed E-state index contributed by atoms with van der Waals surface area (Å²) in [5.74, 6) is -0.297. The van der Waals surface area contributed by atoms with E-state index in [0.29, 0.717) is 17.4 Å². The molecule has 1 aromatic carbocycles. The van der Waals surface area contributed by atoms with Crippen LogP contribution in [0.4, 0.5) is 4.39 Å². The fourth-order valence-electron chi connectivity index (χ4n) is 2.20. The van der Waals surface area contributed by atoms with Crippen molar-refractivity contribution < 1.29 is 14.0 Å². The zero-order valence-corrected chi connectivity index (χ0v) is 15.3. The average Bonchev–Trinajstić information content (AvgIpc) is 3.04. The van der Waals surface area contributed by atoms with Crippen LogP contribution in [0.1, 0.15) is 29.5 Å². The second-order valence-corrected chi connectivity index (χ2v) is 6.12. The molecule has 0 saturated carbocycles. The largest absolute Gasteiger partial charge is 0.356 e. The molecule has 0 saturated heterocycles. The smallest absolute Gasteiger partial charge is 0.252 e. The highest BCUT2D eigenvalue weighted by Crippen LogP contribution is 2.17. The van der Waals surface area contributed by atoms with Crippen LogP contribution in [0.25, 0.3) is 0 Å². The van der Waals surface area contributed by atoms with Crippen molar-refractivity contribution in [1.29, 1.82) is 0 Å². The van der Waals surface area contributed by atoms with E-state index >= 15 is 0 Å². The van der Waals surface area contributed by atoms with Crippen LogP contribution >= 0.6 is 15.9 Å². The number of hydrogen-bond donors (Lipinski definition) is 2. The van der Waals surface area contributed by atoms with Gasteiger partial charge in [0.25, 0.3) is 5.91 Å². The third kappa shape index (κ3) is 5.63. The van der Waals surface area contributed by atoms with Crippen LogP contribution in [0.2, 0.25) is 0 Å². The first kappa shape index (κ1) is 19.0. The predicted octanol–water partition coefficient (Wildman–Crippen LogP) is 1.68. The van der Waals surface area contributed by atoms with E-state index in [1.165, 1.54) is 12.1 Å². The molecule has 0 atom stereocenters. The highest BCUT2D eigenvalue weighted by molar-refractivity contribution is 9.10. The summed E-state index contributed by atoms with van der Waals surface area (Å²) in [5, 5.41) is 13.2. The second kappa shape index (κ2) is 9.26. The van der Waals surface area contributed by atoms with E-state index in [9.17, 15) is 14.0 Å². The normalized spacial score (nSPS) is 10.5. The molecule has 9 heteroatoms. The lowest BCUT2D eigenvalue weighted by atomic mass is 10.2. The van der Waals surface area contributed by atoms with Crippen LogP contribution in [0, 0.1) is 5.82 Å². The molecule has 134 valence electrons. The molecule has 2 amide bonds. The van der Waals surface area contributed by atoms with Crippen LogP contribution in [0.5, 0.6) is 0 Å². The van der Waals surface area contributed by atoms with Gasteiger partial charge in [0.1, 0.15) is 18.0 Å². The van der Waals surface area contributed by atoms with Crippen LogP contribution in [-0.2, 0) is 17.8 Å². The summed E-state index contributed by atoms with van der Waals surface area (Å²) in [4.78, 5) is 23.8. The lowest BCUT2D eigenvalue weighted by Gasteiger charge is -2.08. The van der Waals surface area contributed by atoms with Crippen LogP contribution < -0.4 is 10.6 Å². The molecular formula is C16H19BrFN5O2. The monoisotopic (exact) mass is 411 g/mol. The van der Waals surface area contributed by atoms with Gasteiger partial charge in [0.05, 0.1) is 5.56 Å². The van der Waals surface area contributed by atoms with E-state index < -0.39 is 11.7 Å². The Hall–Kier alpha value is -2.29. The molecule has 2 aromatic rings. The summed E-state index contributed by atoms with van der Waals surface area (Å²) < 4.78 is 15.6. The molecule has 1 aromatic heterocycles. The average molecular weight is 412 g/mol. The number of amides is 2. The topological polar surface area (TPSA) is 88.9 Å². The van der Waals surface area contributed by atoms with E-state index in [-0.39, 0.29) is 24.4 Å². The summed E-state index contributed by atoms with van der Waals surface area (Å²) in [6, 6.07) is 3.86. The summed E-state index contributed by atoms with van der Waals surface area (Å²) in [5.41, 5.74) is 0.194. The molecule has 0 spiro atoms. The van der Waals surface area contributed by atoms with E-state index in [1.807, 2.05) is 11.5 Å². The molecule has 0 aliphatic rings. The number of nitrogens with zero attached hydrogens (tertiary/aromatic N) is 3. The minimum absolute atomic E-state index is 0.138. The van der Waals surface area contributed by atoms with E-state index in [1.54, 1.807) is 6.33 Å². The number of halogens is 2. The number of rotatable bonds is 8. The number of benzene rings is 1. The molecule has 2 N–H and O–H groups in total. The fraction of sp³-hybridized carbons (Fsp3) is 0.375. The van der Waals surface area contributed by atoms with Gasteiger partial charge in [0, 0.05) is 36.9 Å². The van der Waals surface area contributed by atoms with Gasteiger partial charge in [0.2, 0.25) is 5.91 Å². The van der Waals surface area contributed by atoms with Crippen molar-refractivity contribution in [2.75, 3.05) is 13.1 Å². The molecule has 1 heterocycles. The van der Waals surface area contributed by atoms with Gasteiger partial charge in [-0.2, -0.15) is 0 Å². The highest BCUT2D eigenvalue weighted by Gasteiger charge is 2.11. The Morgan fingerprint density at radius 1 is 1.28 bits per heavy atom. The van der Waals surface area contributed by atoms with Gasteiger partial charge in [-0.05, 0) is 41.1 Å². The first-order valence-electron chi connectivity index (χ1n) is 7.88. The van der Waals surface area contributed by atoms with E-state index in [4.69, 9.17) is 0 Å².